The Morgan fingerprint density at radius 2 is 2.00 bits per heavy atom. The van der Waals surface area contributed by atoms with Crippen LogP contribution in [0.2, 0.25) is 0 Å². The minimum absolute atomic E-state index is 1.01. The minimum Gasteiger partial charge on any atom is -0.264 e. The largest absolute Gasteiger partial charge is 0.264 e. The second-order valence-corrected chi connectivity index (χ2v) is 4.75. The number of rotatable bonds is 0. The van der Waals surface area contributed by atoms with Crippen LogP contribution >= 0.6 is 24.0 Å². The number of benzene rings is 1. The molecule has 0 saturated carbocycles. The van der Waals surface area contributed by atoms with Gasteiger partial charge in [0.15, 0.2) is 0 Å². The van der Waals surface area contributed by atoms with Crippen LogP contribution in [0.3, 0.4) is 0 Å². The van der Waals surface area contributed by atoms with Crippen LogP contribution in [-0.4, -0.2) is 4.98 Å². The van der Waals surface area contributed by atoms with Crippen LogP contribution < -0.4 is 0 Å². The number of nitrogens with zero attached hydrogens (tertiary/aromatic N) is 1. The third-order valence-electron chi connectivity index (χ3n) is 2.26. The molecule has 3 aromatic rings. The number of hydrogen-bond donors (Lipinski definition) is 1. The van der Waals surface area contributed by atoms with Gasteiger partial charge in [-0.05, 0) is 18.2 Å². The van der Waals surface area contributed by atoms with Crippen molar-refractivity contribution in [2.24, 2.45) is 0 Å². The molecule has 0 N–H and O–H groups in total. The summed E-state index contributed by atoms with van der Waals surface area (Å²) in [5.74, 6) is 0. The summed E-state index contributed by atoms with van der Waals surface area (Å²) in [5.41, 5.74) is 0. The molecule has 0 amide bonds. The van der Waals surface area contributed by atoms with Crippen molar-refractivity contribution in [2.45, 2.75) is 4.90 Å². The Balaban J connectivity index is 2.57. The summed E-state index contributed by atoms with van der Waals surface area (Å²) in [5, 5.41) is 2.51. The van der Waals surface area contributed by atoms with Crippen LogP contribution in [0.25, 0.3) is 20.2 Å². The van der Waals surface area contributed by atoms with Gasteiger partial charge in [-0.2, -0.15) is 0 Å². The summed E-state index contributed by atoms with van der Waals surface area (Å²) in [4.78, 5) is 5.16. The maximum Gasteiger partial charge on any atom is 0.0386 e. The van der Waals surface area contributed by atoms with Gasteiger partial charge in [-0.3, -0.25) is 4.98 Å². The molecule has 0 unspecified atom stereocenters. The Morgan fingerprint density at radius 1 is 1.07 bits per heavy atom. The molecule has 0 aliphatic heterocycles. The Bertz CT molecular complexity index is 613. The van der Waals surface area contributed by atoms with Crippen molar-refractivity contribution >= 4 is 44.1 Å². The summed E-state index contributed by atoms with van der Waals surface area (Å²) in [6.07, 6.45) is 3.76. The third-order valence-corrected chi connectivity index (χ3v) is 3.67. The van der Waals surface area contributed by atoms with Gasteiger partial charge in [0.05, 0.1) is 0 Å². The topological polar surface area (TPSA) is 12.9 Å². The first-order chi connectivity index (χ1) is 6.84. The van der Waals surface area contributed by atoms with Crippen LogP contribution in [0.5, 0.6) is 0 Å². The molecule has 68 valence electrons. The van der Waals surface area contributed by atoms with E-state index >= 15 is 0 Å². The number of thiol groups is 1. The van der Waals surface area contributed by atoms with Gasteiger partial charge in [0.2, 0.25) is 0 Å². The summed E-state index contributed by atoms with van der Waals surface area (Å²) in [7, 11) is 0. The van der Waals surface area contributed by atoms with Gasteiger partial charge >= 0.3 is 0 Å². The lowest BCUT2D eigenvalue weighted by Gasteiger charge is -1.91. The Hall–Kier alpha value is -1.06. The molecule has 3 heteroatoms. The molecule has 3 rings (SSSR count). The van der Waals surface area contributed by atoms with Gasteiger partial charge in [-0.1, -0.05) is 6.07 Å². The van der Waals surface area contributed by atoms with Crippen molar-refractivity contribution in [3.8, 4) is 0 Å². The Morgan fingerprint density at radius 3 is 2.93 bits per heavy atom. The molecule has 1 aromatic carbocycles. The van der Waals surface area contributed by atoms with E-state index in [9.17, 15) is 0 Å². The lowest BCUT2D eigenvalue weighted by atomic mass is 10.2. The average Bonchev–Trinajstić information content (AvgIpc) is 2.54. The smallest absolute Gasteiger partial charge is 0.0386 e. The van der Waals surface area contributed by atoms with Gasteiger partial charge in [-0.15, -0.1) is 24.0 Å². The fourth-order valence-electron chi connectivity index (χ4n) is 1.61. The average molecular weight is 217 g/mol. The molecular weight excluding hydrogens is 210 g/mol. The zero-order valence-corrected chi connectivity index (χ0v) is 8.98. The molecule has 2 aromatic heterocycles. The second kappa shape index (κ2) is 2.97. The number of pyridine rings is 1. The van der Waals surface area contributed by atoms with Crippen molar-refractivity contribution in [1.29, 1.82) is 0 Å². The molecule has 14 heavy (non-hydrogen) atoms. The highest BCUT2D eigenvalue weighted by atomic mass is 32.1. The first-order valence-corrected chi connectivity index (χ1v) is 5.56. The number of thiophene rings is 1. The lowest BCUT2D eigenvalue weighted by Crippen LogP contribution is -1.69. The molecule has 0 fully saturated rings. The van der Waals surface area contributed by atoms with Crippen molar-refractivity contribution in [3.05, 3.63) is 36.7 Å². The number of hydrogen-bond acceptors (Lipinski definition) is 3. The molecule has 2 heterocycles. The van der Waals surface area contributed by atoms with E-state index in [2.05, 4.69) is 35.8 Å². The number of fused-ring (bicyclic) bond motifs is 3. The molecule has 0 radical (unpaired) electrons. The fourth-order valence-corrected chi connectivity index (χ4v) is 3.01. The van der Waals surface area contributed by atoms with Gasteiger partial charge in [0.25, 0.3) is 0 Å². The molecule has 0 saturated heterocycles. The van der Waals surface area contributed by atoms with E-state index in [0.29, 0.717) is 0 Å². The Kier molecular flexibility index (Phi) is 1.75. The van der Waals surface area contributed by atoms with Gasteiger partial charge in [-0.25, -0.2) is 0 Å². The van der Waals surface area contributed by atoms with E-state index < -0.39 is 0 Å². The highest BCUT2D eigenvalue weighted by Crippen LogP contribution is 2.33. The van der Waals surface area contributed by atoms with Gasteiger partial charge in [0.1, 0.15) is 0 Å². The highest BCUT2D eigenvalue weighted by molar-refractivity contribution is 7.80. The van der Waals surface area contributed by atoms with Crippen LogP contribution in [0.1, 0.15) is 0 Å². The van der Waals surface area contributed by atoms with Crippen LogP contribution in [-0.2, 0) is 0 Å². The molecule has 0 aliphatic rings. The summed E-state index contributed by atoms with van der Waals surface area (Å²) < 4.78 is 2.56. The van der Waals surface area contributed by atoms with Crippen molar-refractivity contribution < 1.29 is 0 Å². The fraction of sp³-hybridized carbons (Fsp3) is 0. The van der Waals surface area contributed by atoms with Crippen molar-refractivity contribution in [3.63, 3.8) is 0 Å². The van der Waals surface area contributed by atoms with E-state index in [1.807, 2.05) is 18.5 Å². The van der Waals surface area contributed by atoms with Crippen LogP contribution in [0, 0.1) is 0 Å². The second-order valence-electron chi connectivity index (χ2n) is 3.15. The molecule has 0 aliphatic carbocycles. The van der Waals surface area contributed by atoms with Gasteiger partial charge in [0, 0.05) is 37.5 Å². The minimum atomic E-state index is 1.01. The molecule has 0 spiro atoms. The van der Waals surface area contributed by atoms with Crippen LogP contribution in [0.15, 0.2) is 41.6 Å². The van der Waals surface area contributed by atoms with E-state index in [0.717, 1.165) is 4.90 Å². The molecule has 0 atom stereocenters. The monoisotopic (exact) mass is 217 g/mol. The Labute approximate surface area is 90.8 Å². The lowest BCUT2D eigenvalue weighted by molar-refractivity contribution is 1.37. The summed E-state index contributed by atoms with van der Waals surface area (Å²) in [6, 6.07) is 8.28. The quantitative estimate of drug-likeness (QED) is 0.566. The maximum absolute atomic E-state index is 4.33. The highest BCUT2D eigenvalue weighted by Gasteiger charge is 2.03. The maximum atomic E-state index is 4.33. The molecule has 1 nitrogen and oxygen atoms in total. The SMILES string of the molecule is Sc1ccc2c(c1)sc1ccncc12. The summed E-state index contributed by atoms with van der Waals surface area (Å²) in [6.45, 7) is 0. The molecular formula is C11H7NS2. The predicted molar refractivity (Wildman–Crippen MR) is 64.4 cm³/mol. The zero-order chi connectivity index (χ0) is 9.54. The zero-order valence-electron chi connectivity index (χ0n) is 7.27. The molecule has 0 bridgehead atoms. The van der Waals surface area contributed by atoms with E-state index in [-0.39, 0.29) is 0 Å². The van der Waals surface area contributed by atoms with E-state index in [1.54, 1.807) is 11.3 Å². The van der Waals surface area contributed by atoms with Crippen LogP contribution in [0.4, 0.5) is 0 Å². The first kappa shape index (κ1) is 8.26. The van der Waals surface area contributed by atoms with Crippen molar-refractivity contribution in [1.82, 2.24) is 4.98 Å². The third kappa shape index (κ3) is 1.13. The van der Waals surface area contributed by atoms with Gasteiger partial charge < -0.3 is 0 Å². The first-order valence-electron chi connectivity index (χ1n) is 4.30. The van der Waals surface area contributed by atoms with E-state index in [4.69, 9.17) is 0 Å². The van der Waals surface area contributed by atoms with Crippen molar-refractivity contribution in [2.75, 3.05) is 0 Å². The number of aromatic nitrogens is 1. The standard InChI is InChI=1S/C11H7NS2/c13-7-1-2-8-9-6-12-4-3-10(9)14-11(8)5-7/h1-6,13H. The normalized spacial score (nSPS) is 11.2. The van der Waals surface area contributed by atoms with E-state index in [1.165, 1.54) is 20.2 Å². The summed E-state index contributed by atoms with van der Waals surface area (Å²) >= 11 is 6.12. The predicted octanol–water partition coefficient (Wildman–Crippen LogP) is 3.74.